The van der Waals surface area contributed by atoms with Crippen molar-refractivity contribution in [3.8, 4) is 0 Å². The number of carbonyl (C=O) groups excluding carboxylic acids is 2. The maximum Gasteiger partial charge on any atom is 0.223 e. The molecule has 1 saturated carbocycles. The van der Waals surface area contributed by atoms with Crippen LogP contribution in [-0.4, -0.2) is 29.8 Å². The number of primary amides is 1. The molecule has 1 aliphatic heterocycles. The first-order chi connectivity index (χ1) is 12.1. The molecule has 2 amide bonds. The molecule has 0 spiro atoms. The molecule has 1 aliphatic carbocycles. The van der Waals surface area contributed by atoms with E-state index in [4.69, 9.17) is 5.73 Å². The number of piperidine rings is 1. The van der Waals surface area contributed by atoms with E-state index in [0.717, 1.165) is 50.9 Å². The molecule has 3 N–H and O–H groups in total. The molecule has 2 fully saturated rings. The van der Waals surface area contributed by atoms with Gasteiger partial charge in [-0.1, -0.05) is 37.1 Å². The molecule has 1 aromatic carbocycles. The summed E-state index contributed by atoms with van der Waals surface area (Å²) >= 11 is 0. The van der Waals surface area contributed by atoms with Crippen molar-refractivity contribution in [1.82, 2.24) is 10.2 Å². The molecular formula is C20H29N3O2. The molecule has 1 heterocycles. The van der Waals surface area contributed by atoms with Crippen LogP contribution in [0.2, 0.25) is 0 Å². The van der Waals surface area contributed by atoms with Gasteiger partial charge in [0, 0.05) is 25.6 Å². The van der Waals surface area contributed by atoms with Gasteiger partial charge in [0.05, 0.1) is 5.92 Å². The highest BCUT2D eigenvalue weighted by Gasteiger charge is 2.24. The molecule has 1 saturated heterocycles. The third kappa shape index (κ3) is 5.05. The first-order valence-electron chi connectivity index (χ1n) is 9.49. The van der Waals surface area contributed by atoms with Crippen molar-refractivity contribution >= 4 is 11.8 Å². The Kier molecular flexibility index (Phi) is 6.08. The molecule has 5 nitrogen and oxygen atoms in total. The quantitative estimate of drug-likeness (QED) is 0.831. The molecule has 0 bridgehead atoms. The fraction of sp³-hybridized carbons (Fsp3) is 0.600. The number of rotatable bonds is 6. The number of nitrogens with two attached hydrogens (primary N) is 1. The smallest absolute Gasteiger partial charge is 0.223 e. The van der Waals surface area contributed by atoms with Gasteiger partial charge in [-0.3, -0.25) is 14.5 Å². The van der Waals surface area contributed by atoms with Crippen LogP contribution in [0.5, 0.6) is 0 Å². The van der Waals surface area contributed by atoms with Crippen LogP contribution in [0, 0.1) is 11.8 Å². The van der Waals surface area contributed by atoms with E-state index in [1.54, 1.807) is 0 Å². The average molecular weight is 343 g/mol. The number of benzene rings is 1. The minimum atomic E-state index is -0.187. The van der Waals surface area contributed by atoms with E-state index in [1.165, 1.54) is 18.4 Å². The standard InChI is InChI=1S/C20H29N3O2/c21-19(24)18-9-4-10-23(14-18)13-16-6-3-5-15(11-16)12-22-20(25)17-7-1-2-8-17/h3,5-6,11,17-18H,1-2,4,7-10,12-14H2,(H2,21,24)(H,22,25). The number of hydrogen-bond donors (Lipinski definition) is 2. The summed E-state index contributed by atoms with van der Waals surface area (Å²) in [4.78, 5) is 25.9. The monoisotopic (exact) mass is 343 g/mol. The van der Waals surface area contributed by atoms with Crippen molar-refractivity contribution in [3.05, 3.63) is 35.4 Å². The second kappa shape index (κ2) is 8.48. The summed E-state index contributed by atoms with van der Waals surface area (Å²) in [6.45, 7) is 3.17. The Hall–Kier alpha value is -1.88. The highest BCUT2D eigenvalue weighted by molar-refractivity contribution is 5.78. The zero-order valence-electron chi connectivity index (χ0n) is 14.9. The van der Waals surface area contributed by atoms with Gasteiger partial charge in [0.15, 0.2) is 0 Å². The van der Waals surface area contributed by atoms with E-state index >= 15 is 0 Å². The first-order valence-corrected chi connectivity index (χ1v) is 9.49. The zero-order valence-corrected chi connectivity index (χ0v) is 14.9. The summed E-state index contributed by atoms with van der Waals surface area (Å²) in [6.07, 6.45) is 6.33. The summed E-state index contributed by atoms with van der Waals surface area (Å²) < 4.78 is 0. The topological polar surface area (TPSA) is 75.4 Å². The summed E-state index contributed by atoms with van der Waals surface area (Å²) in [5, 5.41) is 3.08. The van der Waals surface area contributed by atoms with Crippen molar-refractivity contribution in [3.63, 3.8) is 0 Å². The molecule has 0 aromatic heterocycles. The van der Waals surface area contributed by atoms with Gasteiger partial charge in [0.1, 0.15) is 0 Å². The average Bonchev–Trinajstić information content (AvgIpc) is 3.15. The first kappa shape index (κ1) is 17.9. The third-order valence-electron chi connectivity index (χ3n) is 5.50. The van der Waals surface area contributed by atoms with Gasteiger partial charge in [-0.2, -0.15) is 0 Å². The molecule has 3 rings (SSSR count). The van der Waals surface area contributed by atoms with Gasteiger partial charge in [-0.05, 0) is 43.4 Å². The number of carbonyl (C=O) groups is 2. The number of hydrogen-bond acceptors (Lipinski definition) is 3. The number of nitrogens with one attached hydrogen (secondary N) is 1. The van der Waals surface area contributed by atoms with Crippen LogP contribution in [0.3, 0.4) is 0 Å². The van der Waals surface area contributed by atoms with Crippen molar-refractivity contribution in [2.45, 2.75) is 51.6 Å². The molecule has 1 atom stereocenters. The molecule has 1 unspecified atom stereocenters. The Morgan fingerprint density at radius 1 is 1.08 bits per heavy atom. The van der Waals surface area contributed by atoms with Crippen LogP contribution in [0.25, 0.3) is 0 Å². The predicted molar refractivity (Wildman–Crippen MR) is 97.4 cm³/mol. The highest BCUT2D eigenvalue weighted by Crippen LogP contribution is 2.24. The van der Waals surface area contributed by atoms with E-state index in [-0.39, 0.29) is 23.7 Å². The van der Waals surface area contributed by atoms with Crippen LogP contribution in [-0.2, 0) is 22.7 Å². The summed E-state index contributed by atoms with van der Waals surface area (Å²) in [5.74, 6) is 0.196. The van der Waals surface area contributed by atoms with Crippen molar-refractivity contribution in [2.75, 3.05) is 13.1 Å². The number of likely N-dealkylation sites (tertiary alicyclic amines) is 1. The molecule has 0 radical (unpaired) electrons. The fourth-order valence-electron chi connectivity index (χ4n) is 4.05. The largest absolute Gasteiger partial charge is 0.369 e. The van der Waals surface area contributed by atoms with E-state index in [0.29, 0.717) is 6.54 Å². The summed E-state index contributed by atoms with van der Waals surface area (Å²) in [7, 11) is 0. The van der Waals surface area contributed by atoms with Gasteiger partial charge in [0.25, 0.3) is 0 Å². The SMILES string of the molecule is NC(=O)C1CCCN(Cc2cccc(CNC(=O)C3CCCC3)c2)C1. The molecule has 2 aliphatic rings. The van der Waals surface area contributed by atoms with E-state index in [9.17, 15) is 9.59 Å². The Bertz CT molecular complexity index is 611. The lowest BCUT2D eigenvalue weighted by Crippen LogP contribution is -2.40. The van der Waals surface area contributed by atoms with Crippen LogP contribution < -0.4 is 11.1 Å². The molecule has 5 heteroatoms. The van der Waals surface area contributed by atoms with Gasteiger partial charge < -0.3 is 11.1 Å². The Morgan fingerprint density at radius 2 is 1.80 bits per heavy atom. The Morgan fingerprint density at radius 3 is 2.56 bits per heavy atom. The van der Waals surface area contributed by atoms with Gasteiger partial charge >= 0.3 is 0 Å². The molecule has 136 valence electrons. The normalized spacial score (nSPS) is 22.0. The van der Waals surface area contributed by atoms with Crippen LogP contribution >= 0.6 is 0 Å². The number of nitrogens with zero attached hydrogens (tertiary/aromatic N) is 1. The van der Waals surface area contributed by atoms with E-state index in [1.807, 2.05) is 6.07 Å². The minimum Gasteiger partial charge on any atom is -0.369 e. The lowest BCUT2D eigenvalue weighted by molar-refractivity contribution is -0.125. The zero-order chi connectivity index (χ0) is 17.6. The Balaban J connectivity index is 1.52. The Labute approximate surface area is 150 Å². The molecular weight excluding hydrogens is 314 g/mol. The van der Waals surface area contributed by atoms with Gasteiger partial charge in [0.2, 0.25) is 11.8 Å². The minimum absolute atomic E-state index is 0.0253. The molecule has 1 aromatic rings. The van der Waals surface area contributed by atoms with E-state index < -0.39 is 0 Å². The second-order valence-corrected chi connectivity index (χ2v) is 7.50. The summed E-state index contributed by atoms with van der Waals surface area (Å²) in [5.41, 5.74) is 7.81. The van der Waals surface area contributed by atoms with Crippen molar-refractivity contribution < 1.29 is 9.59 Å². The number of amides is 2. The van der Waals surface area contributed by atoms with Crippen LogP contribution in [0.1, 0.15) is 49.7 Å². The highest BCUT2D eigenvalue weighted by atomic mass is 16.2. The maximum atomic E-state index is 12.2. The third-order valence-corrected chi connectivity index (χ3v) is 5.50. The maximum absolute atomic E-state index is 12.2. The second-order valence-electron chi connectivity index (χ2n) is 7.50. The lowest BCUT2D eigenvalue weighted by atomic mass is 9.97. The molecule has 25 heavy (non-hydrogen) atoms. The van der Waals surface area contributed by atoms with E-state index in [2.05, 4.69) is 28.4 Å². The predicted octanol–water partition coefficient (Wildman–Crippen LogP) is 2.19. The van der Waals surface area contributed by atoms with Crippen LogP contribution in [0.4, 0.5) is 0 Å². The lowest BCUT2D eigenvalue weighted by Gasteiger charge is -2.31. The van der Waals surface area contributed by atoms with Crippen molar-refractivity contribution in [1.29, 1.82) is 0 Å². The van der Waals surface area contributed by atoms with Gasteiger partial charge in [-0.25, -0.2) is 0 Å². The van der Waals surface area contributed by atoms with Gasteiger partial charge in [-0.15, -0.1) is 0 Å². The fourth-order valence-corrected chi connectivity index (χ4v) is 4.05. The van der Waals surface area contributed by atoms with Crippen LogP contribution in [0.15, 0.2) is 24.3 Å². The summed E-state index contributed by atoms with van der Waals surface area (Å²) in [6, 6.07) is 8.36. The van der Waals surface area contributed by atoms with Crippen molar-refractivity contribution in [2.24, 2.45) is 17.6 Å².